The van der Waals surface area contributed by atoms with Crippen molar-refractivity contribution in [3.05, 3.63) is 92.6 Å². The van der Waals surface area contributed by atoms with Gasteiger partial charge in [-0.25, -0.2) is 19.0 Å². The predicted molar refractivity (Wildman–Crippen MR) is 131 cm³/mol. The van der Waals surface area contributed by atoms with Gasteiger partial charge in [0.25, 0.3) is 5.56 Å². The van der Waals surface area contributed by atoms with E-state index in [0.717, 1.165) is 24.2 Å². The summed E-state index contributed by atoms with van der Waals surface area (Å²) < 4.78 is 26.0. The maximum atomic E-state index is 14.0. The van der Waals surface area contributed by atoms with E-state index in [4.69, 9.17) is 9.47 Å². The first kappa shape index (κ1) is 24.3. The van der Waals surface area contributed by atoms with Crippen LogP contribution in [0.25, 0.3) is 10.2 Å². The standard InChI is InChI=1S/C26H23FN2O5S/c1-3-4-13-33-25(31)17-9-11-19(12-10-17)34-26(32)22-16(2)21-23(35-22)28-15-29(24(21)30)14-18-7-5-6-8-20(18)27/h5-12,15H,3-4,13-14H2,1-2H3. The van der Waals surface area contributed by atoms with Crippen molar-refractivity contribution in [3.8, 4) is 5.75 Å². The van der Waals surface area contributed by atoms with Crippen LogP contribution in [0.4, 0.5) is 4.39 Å². The number of thiophene rings is 1. The molecule has 0 aliphatic carbocycles. The van der Waals surface area contributed by atoms with Gasteiger partial charge in [-0.15, -0.1) is 11.3 Å². The Hall–Kier alpha value is -3.85. The summed E-state index contributed by atoms with van der Waals surface area (Å²) in [4.78, 5) is 42.9. The highest BCUT2D eigenvalue weighted by atomic mass is 32.1. The fraction of sp³-hybridized carbons (Fsp3) is 0.231. The zero-order chi connectivity index (χ0) is 24.9. The fourth-order valence-electron chi connectivity index (χ4n) is 3.48. The minimum Gasteiger partial charge on any atom is -0.462 e. The van der Waals surface area contributed by atoms with E-state index in [1.54, 1.807) is 25.1 Å². The summed E-state index contributed by atoms with van der Waals surface area (Å²) in [5.41, 5.74) is 0.808. The number of hydrogen-bond donors (Lipinski definition) is 0. The molecule has 7 nitrogen and oxygen atoms in total. The maximum absolute atomic E-state index is 14.0. The lowest BCUT2D eigenvalue weighted by atomic mass is 10.2. The van der Waals surface area contributed by atoms with Gasteiger partial charge in [0.1, 0.15) is 21.3 Å². The first-order valence-electron chi connectivity index (χ1n) is 11.1. The van der Waals surface area contributed by atoms with Gasteiger partial charge in [-0.2, -0.15) is 0 Å². The van der Waals surface area contributed by atoms with E-state index < -0.39 is 17.8 Å². The van der Waals surface area contributed by atoms with E-state index in [2.05, 4.69) is 4.98 Å². The molecule has 2 heterocycles. The third kappa shape index (κ3) is 5.30. The first-order valence-corrected chi connectivity index (χ1v) is 11.9. The topological polar surface area (TPSA) is 87.5 Å². The Morgan fingerprint density at radius 3 is 2.54 bits per heavy atom. The van der Waals surface area contributed by atoms with Crippen molar-refractivity contribution >= 4 is 33.5 Å². The molecule has 35 heavy (non-hydrogen) atoms. The number of aromatic nitrogens is 2. The summed E-state index contributed by atoms with van der Waals surface area (Å²) in [6.45, 7) is 4.04. The van der Waals surface area contributed by atoms with Crippen LogP contribution in [0.3, 0.4) is 0 Å². The van der Waals surface area contributed by atoms with E-state index in [-0.39, 0.29) is 22.7 Å². The fourth-order valence-corrected chi connectivity index (χ4v) is 4.50. The minimum atomic E-state index is -0.635. The summed E-state index contributed by atoms with van der Waals surface area (Å²) in [6.07, 6.45) is 3.06. The van der Waals surface area contributed by atoms with E-state index in [1.807, 2.05) is 6.92 Å². The summed E-state index contributed by atoms with van der Waals surface area (Å²) in [7, 11) is 0. The van der Waals surface area contributed by atoms with E-state index in [9.17, 15) is 18.8 Å². The van der Waals surface area contributed by atoms with E-state index >= 15 is 0 Å². The number of aryl methyl sites for hydroxylation is 1. The number of benzene rings is 2. The smallest absolute Gasteiger partial charge is 0.354 e. The molecule has 0 bridgehead atoms. The largest absolute Gasteiger partial charge is 0.462 e. The predicted octanol–water partition coefficient (Wildman–Crippen LogP) is 5.13. The van der Waals surface area contributed by atoms with Crippen molar-refractivity contribution in [2.75, 3.05) is 6.61 Å². The average molecular weight is 495 g/mol. The number of halogens is 1. The van der Waals surface area contributed by atoms with E-state index in [1.165, 1.54) is 41.2 Å². The van der Waals surface area contributed by atoms with Crippen LogP contribution >= 0.6 is 11.3 Å². The van der Waals surface area contributed by atoms with Crippen LogP contribution in [0.15, 0.2) is 59.7 Å². The summed E-state index contributed by atoms with van der Waals surface area (Å²) >= 11 is 1.06. The average Bonchev–Trinajstić information content (AvgIpc) is 3.20. The highest BCUT2D eigenvalue weighted by Gasteiger charge is 2.21. The number of nitrogens with zero attached hydrogens (tertiary/aromatic N) is 2. The molecule has 0 saturated heterocycles. The molecule has 0 aliphatic rings. The molecule has 2 aromatic carbocycles. The lowest BCUT2D eigenvalue weighted by molar-refractivity contribution is 0.0499. The SMILES string of the molecule is CCCCOC(=O)c1ccc(OC(=O)c2sc3ncn(Cc4ccccc4F)c(=O)c3c2C)cc1. The summed E-state index contributed by atoms with van der Waals surface area (Å²) in [5, 5.41) is 0.297. The van der Waals surface area contributed by atoms with Gasteiger partial charge >= 0.3 is 11.9 Å². The van der Waals surface area contributed by atoms with Crippen LogP contribution in [0.1, 0.15) is 50.9 Å². The molecule has 0 amide bonds. The van der Waals surface area contributed by atoms with Crippen LogP contribution in [-0.2, 0) is 11.3 Å². The zero-order valence-electron chi connectivity index (χ0n) is 19.2. The van der Waals surface area contributed by atoms with Gasteiger partial charge in [0.05, 0.1) is 30.4 Å². The lowest BCUT2D eigenvalue weighted by Gasteiger charge is -2.07. The van der Waals surface area contributed by atoms with Crippen molar-refractivity contribution in [3.63, 3.8) is 0 Å². The molecule has 0 saturated carbocycles. The van der Waals surface area contributed by atoms with Crippen molar-refractivity contribution in [2.45, 2.75) is 33.2 Å². The normalized spacial score (nSPS) is 10.9. The molecular formula is C26H23FN2O5S. The van der Waals surface area contributed by atoms with Gasteiger partial charge < -0.3 is 9.47 Å². The second-order valence-corrected chi connectivity index (χ2v) is 8.91. The number of ether oxygens (including phenoxy) is 2. The third-order valence-electron chi connectivity index (χ3n) is 5.43. The van der Waals surface area contributed by atoms with Crippen LogP contribution in [0, 0.1) is 12.7 Å². The molecule has 4 rings (SSSR count). The molecular weight excluding hydrogens is 471 g/mol. The molecule has 0 N–H and O–H groups in total. The number of carbonyl (C=O) groups excluding carboxylic acids is 2. The lowest BCUT2D eigenvalue weighted by Crippen LogP contribution is -2.21. The van der Waals surface area contributed by atoms with Crippen LogP contribution in [0.5, 0.6) is 5.75 Å². The molecule has 4 aromatic rings. The van der Waals surface area contributed by atoms with Crippen molar-refractivity contribution in [1.29, 1.82) is 0 Å². The Bertz CT molecular complexity index is 1440. The highest BCUT2D eigenvalue weighted by molar-refractivity contribution is 7.20. The number of esters is 2. The number of rotatable bonds is 8. The van der Waals surface area contributed by atoms with Gasteiger partial charge in [0, 0.05) is 5.56 Å². The number of fused-ring (bicyclic) bond motifs is 1. The van der Waals surface area contributed by atoms with Crippen LogP contribution in [-0.4, -0.2) is 28.1 Å². The van der Waals surface area contributed by atoms with Crippen molar-refractivity contribution in [2.24, 2.45) is 0 Å². The molecule has 0 aliphatic heterocycles. The molecule has 0 atom stereocenters. The minimum absolute atomic E-state index is 0.0245. The molecule has 0 radical (unpaired) electrons. The second kappa shape index (κ2) is 10.6. The van der Waals surface area contributed by atoms with Gasteiger partial charge in [0.15, 0.2) is 0 Å². The molecule has 0 unspecified atom stereocenters. The molecule has 2 aromatic heterocycles. The quantitative estimate of drug-likeness (QED) is 0.192. The Balaban J connectivity index is 1.53. The van der Waals surface area contributed by atoms with Gasteiger partial charge in [-0.3, -0.25) is 9.36 Å². The number of hydrogen-bond acceptors (Lipinski definition) is 7. The molecule has 180 valence electrons. The third-order valence-corrected chi connectivity index (χ3v) is 6.61. The number of unbranched alkanes of at least 4 members (excludes halogenated alkanes) is 1. The zero-order valence-corrected chi connectivity index (χ0v) is 20.1. The Labute approximate surface area is 204 Å². The first-order chi connectivity index (χ1) is 16.9. The molecule has 0 fully saturated rings. The second-order valence-electron chi connectivity index (χ2n) is 7.91. The molecule has 9 heteroatoms. The summed E-state index contributed by atoms with van der Waals surface area (Å²) in [6, 6.07) is 12.3. The van der Waals surface area contributed by atoms with Crippen molar-refractivity contribution < 1.29 is 23.5 Å². The summed E-state index contributed by atoms with van der Waals surface area (Å²) in [5.74, 6) is -1.23. The van der Waals surface area contributed by atoms with Gasteiger partial charge in [-0.05, 0) is 49.2 Å². The Morgan fingerprint density at radius 1 is 1.09 bits per heavy atom. The van der Waals surface area contributed by atoms with Gasteiger partial charge in [0.2, 0.25) is 0 Å². The molecule has 0 spiro atoms. The van der Waals surface area contributed by atoms with E-state index in [0.29, 0.717) is 33.5 Å². The highest BCUT2D eigenvalue weighted by Crippen LogP contribution is 2.28. The van der Waals surface area contributed by atoms with Crippen LogP contribution in [0.2, 0.25) is 0 Å². The maximum Gasteiger partial charge on any atom is 0.354 e. The van der Waals surface area contributed by atoms with Crippen molar-refractivity contribution in [1.82, 2.24) is 9.55 Å². The Kier molecular flexibility index (Phi) is 7.36. The monoisotopic (exact) mass is 494 g/mol. The number of carbonyl (C=O) groups is 2. The Morgan fingerprint density at radius 2 is 1.83 bits per heavy atom. The van der Waals surface area contributed by atoms with Crippen LogP contribution < -0.4 is 10.3 Å². The van der Waals surface area contributed by atoms with Gasteiger partial charge in [-0.1, -0.05) is 31.5 Å².